The first-order valence-corrected chi connectivity index (χ1v) is 7.54. The molecule has 0 fully saturated rings. The van der Waals surface area contributed by atoms with Gasteiger partial charge in [-0.25, -0.2) is 0 Å². The van der Waals surface area contributed by atoms with Gasteiger partial charge in [0.15, 0.2) is 5.12 Å². The lowest BCUT2D eigenvalue weighted by molar-refractivity contribution is -0.109. The first-order valence-electron chi connectivity index (χ1n) is 6.56. The van der Waals surface area contributed by atoms with E-state index in [2.05, 4.69) is 0 Å². The second-order valence-electron chi connectivity index (χ2n) is 4.75. The number of benzene rings is 2. The van der Waals surface area contributed by atoms with Crippen molar-refractivity contribution in [2.75, 3.05) is 5.75 Å². The smallest absolute Gasteiger partial charge is 0.185 e. The van der Waals surface area contributed by atoms with E-state index in [1.54, 1.807) is 0 Å². The minimum atomic E-state index is -0.924. The Bertz CT molecular complexity index is 597. The molecule has 0 spiro atoms. The lowest BCUT2D eigenvalue weighted by Gasteiger charge is -2.18. The van der Waals surface area contributed by atoms with E-state index < -0.39 is 12.2 Å². The standard InChI is InChI=1S/C16H18O3S/c1-11(17)20-9-8-15(18)16(19)14-7-6-12-4-2-3-5-13(12)10-14/h2-7,10,15-16,18-19H,8-9H2,1H3. The van der Waals surface area contributed by atoms with Crippen molar-refractivity contribution < 1.29 is 15.0 Å². The SMILES string of the molecule is CC(=O)SCCC(O)C(O)c1ccc2ccccc2c1. The Morgan fingerprint density at radius 2 is 1.85 bits per heavy atom. The van der Waals surface area contributed by atoms with Crippen LogP contribution in [0, 0.1) is 0 Å². The van der Waals surface area contributed by atoms with Crippen molar-refractivity contribution in [2.45, 2.75) is 25.6 Å². The fourth-order valence-electron chi connectivity index (χ4n) is 2.10. The van der Waals surface area contributed by atoms with Crippen LogP contribution in [0.15, 0.2) is 42.5 Å². The van der Waals surface area contributed by atoms with Crippen molar-refractivity contribution in [3.8, 4) is 0 Å². The number of aliphatic hydroxyl groups is 2. The van der Waals surface area contributed by atoms with Gasteiger partial charge in [-0.15, -0.1) is 0 Å². The monoisotopic (exact) mass is 290 g/mol. The van der Waals surface area contributed by atoms with Gasteiger partial charge in [0.25, 0.3) is 0 Å². The van der Waals surface area contributed by atoms with E-state index in [0.29, 0.717) is 17.7 Å². The van der Waals surface area contributed by atoms with Crippen molar-refractivity contribution in [3.63, 3.8) is 0 Å². The predicted octanol–water partition coefficient (Wildman–Crippen LogP) is 2.90. The van der Waals surface area contributed by atoms with Crippen LogP contribution in [0.25, 0.3) is 10.8 Å². The number of carbonyl (C=O) groups is 1. The van der Waals surface area contributed by atoms with Crippen LogP contribution in [0.4, 0.5) is 0 Å². The zero-order valence-corrected chi connectivity index (χ0v) is 12.1. The first kappa shape index (κ1) is 15.0. The van der Waals surface area contributed by atoms with Crippen LogP contribution >= 0.6 is 11.8 Å². The van der Waals surface area contributed by atoms with Crippen LogP contribution in [0.1, 0.15) is 25.0 Å². The minimum Gasteiger partial charge on any atom is -0.390 e. The largest absolute Gasteiger partial charge is 0.390 e. The molecule has 2 aromatic carbocycles. The highest BCUT2D eigenvalue weighted by molar-refractivity contribution is 8.13. The van der Waals surface area contributed by atoms with E-state index >= 15 is 0 Å². The maximum absolute atomic E-state index is 10.8. The third-order valence-electron chi connectivity index (χ3n) is 3.20. The molecule has 2 atom stereocenters. The molecule has 2 unspecified atom stereocenters. The summed E-state index contributed by atoms with van der Waals surface area (Å²) >= 11 is 1.16. The topological polar surface area (TPSA) is 57.5 Å². The second-order valence-corrected chi connectivity index (χ2v) is 6.02. The Morgan fingerprint density at radius 1 is 1.15 bits per heavy atom. The summed E-state index contributed by atoms with van der Waals surface area (Å²) in [4.78, 5) is 10.8. The molecule has 0 radical (unpaired) electrons. The molecule has 0 aliphatic heterocycles. The molecule has 2 rings (SSSR count). The number of hydrogen-bond donors (Lipinski definition) is 2. The normalized spacial score (nSPS) is 14.2. The quantitative estimate of drug-likeness (QED) is 0.889. The number of hydrogen-bond acceptors (Lipinski definition) is 4. The molecule has 2 N–H and O–H groups in total. The van der Waals surface area contributed by atoms with Gasteiger partial charge in [0.05, 0.1) is 6.10 Å². The molecule has 0 heterocycles. The van der Waals surface area contributed by atoms with Crippen LogP contribution in [-0.2, 0) is 4.79 Å². The van der Waals surface area contributed by atoms with Gasteiger partial charge in [-0.2, -0.15) is 0 Å². The summed E-state index contributed by atoms with van der Waals surface area (Å²) in [5, 5.41) is 22.3. The van der Waals surface area contributed by atoms with Gasteiger partial charge in [-0.3, -0.25) is 4.79 Å². The molecule has 3 nitrogen and oxygen atoms in total. The maximum atomic E-state index is 10.8. The lowest BCUT2D eigenvalue weighted by Crippen LogP contribution is -2.19. The van der Waals surface area contributed by atoms with Gasteiger partial charge in [0.2, 0.25) is 0 Å². The molecule has 2 aromatic rings. The third kappa shape index (κ3) is 3.82. The Morgan fingerprint density at radius 3 is 2.55 bits per heavy atom. The van der Waals surface area contributed by atoms with Gasteiger partial charge in [0, 0.05) is 12.7 Å². The molecule has 0 aromatic heterocycles. The van der Waals surface area contributed by atoms with Crippen LogP contribution in [-0.4, -0.2) is 27.2 Å². The van der Waals surface area contributed by atoms with Gasteiger partial charge < -0.3 is 10.2 Å². The van der Waals surface area contributed by atoms with Gasteiger partial charge in [-0.05, 0) is 28.8 Å². The van der Waals surface area contributed by atoms with Gasteiger partial charge in [0.1, 0.15) is 6.10 Å². The molecular weight excluding hydrogens is 272 g/mol. The number of carbonyl (C=O) groups excluding carboxylic acids is 1. The predicted molar refractivity (Wildman–Crippen MR) is 82.7 cm³/mol. The third-order valence-corrected chi connectivity index (χ3v) is 4.04. The lowest BCUT2D eigenvalue weighted by atomic mass is 9.99. The average Bonchev–Trinajstić information content (AvgIpc) is 2.45. The van der Waals surface area contributed by atoms with Gasteiger partial charge in [-0.1, -0.05) is 48.2 Å². The molecule has 0 bridgehead atoms. The Balaban J connectivity index is 2.06. The first-order chi connectivity index (χ1) is 9.58. The van der Waals surface area contributed by atoms with E-state index in [1.165, 1.54) is 6.92 Å². The van der Waals surface area contributed by atoms with Crippen molar-refractivity contribution in [1.29, 1.82) is 0 Å². The highest BCUT2D eigenvalue weighted by Gasteiger charge is 2.18. The Kier molecular flexibility index (Phi) is 5.17. The molecule has 4 heteroatoms. The molecule has 0 aliphatic carbocycles. The highest BCUT2D eigenvalue weighted by atomic mass is 32.2. The highest BCUT2D eigenvalue weighted by Crippen LogP contribution is 2.24. The summed E-state index contributed by atoms with van der Waals surface area (Å²) in [6.07, 6.45) is -1.40. The Labute approximate surface area is 122 Å². The van der Waals surface area contributed by atoms with E-state index in [0.717, 1.165) is 22.5 Å². The van der Waals surface area contributed by atoms with Crippen LogP contribution in [0.2, 0.25) is 0 Å². The summed E-state index contributed by atoms with van der Waals surface area (Å²) in [5.74, 6) is 0.515. The minimum absolute atomic E-state index is 0.0254. The molecule has 0 saturated carbocycles. The molecule has 0 amide bonds. The van der Waals surface area contributed by atoms with Crippen molar-refractivity contribution in [2.24, 2.45) is 0 Å². The fourth-order valence-corrected chi connectivity index (χ4v) is 2.74. The molecular formula is C16H18O3S. The van der Waals surface area contributed by atoms with E-state index in [1.807, 2.05) is 42.5 Å². The van der Waals surface area contributed by atoms with E-state index in [4.69, 9.17) is 0 Å². The van der Waals surface area contributed by atoms with Crippen LogP contribution in [0.3, 0.4) is 0 Å². The number of rotatable bonds is 5. The van der Waals surface area contributed by atoms with Crippen molar-refractivity contribution in [3.05, 3.63) is 48.0 Å². The summed E-state index contributed by atoms with van der Waals surface area (Å²) in [6.45, 7) is 1.50. The molecule has 20 heavy (non-hydrogen) atoms. The summed E-state index contributed by atoms with van der Waals surface area (Å²) < 4.78 is 0. The Hall–Kier alpha value is -1.36. The van der Waals surface area contributed by atoms with Crippen LogP contribution in [0.5, 0.6) is 0 Å². The number of fused-ring (bicyclic) bond motifs is 1. The summed E-state index contributed by atoms with van der Waals surface area (Å²) in [5.41, 5.74) is 0.698. The fraction of sp³-hybridized carbons (Fsp3) is 0.312. The molecule has 0 aliphatic rings. The molecule has 0 saturated heterocycles. The average molecular weight is 290 g/mol. The van der Waals surface area contributed by atoms with E-state index in [-0.39, 0.29) is 5.12 Å². The zero-order chi connectivity index (χ0) is 14.5. The van der Waals surface area contributed by atoms with Crippen LogP contribution < -0.4 is 0 Å². The zero-order valence-electron chi connectivity index (χ0n) is 11.3. The maximum Gasteiger partial charge on any atom is 0.185 e. The summed E-state index contributed by atoms with van der Waals surface area (Å²) in [7, 11) is 0. The molecule has 106 valence electrons. The number of thioether (sulfide) groups is 1. The van der Waals surface area contributed by atoms with Crippen molar-refractivity contribution >= 4 is 27.6 Å². The van der Waals surface area contributed by atoms with Gasteiger partial charge >= 0.3 is 0 Å². The second kappa shape index (κ2) is 6.88. The number of aliphatic hydroxyl groups excluding tert-OH is 2. The van der Waals surface area contributed by atoms with E-state index in [9.17, 15) is 15.0 Å². The summed E-state index contributed by atoms with van der Waals surface area (Å²) in [6, 6.07) is 13.5. The van der Waals surface area contributed by atoms with Crippen molar-refractivity contribution in [1.82, 2.24) is 0 Å².